The number of anilines is 2. The highest BCUT2D eigenvalue weighted by atomic mass is 32.2. The van der Waals surface area contributed by atoms with Crippen LogP contribution in [0.3, 0.4) is 0 Å². The van der Waals surface area contributed by atoms with E-state index in [0.717, 1.165) is 23.7 Å². The lowest BCUT2D eigenvalue weighted by molar-refractivity contribution is -0.122. The fraction of sp³-hybridized carbons (Fsp3) is 0.217. The van der Waals surface area contributed by atoms with Gasteiger partial charge in [-0.05, 0) is 31.0 Å². The van der Waals surface area contributed by atoms with Gasteiger partial charge in [0, 0.05) is 17.8 Å². The molecule has 2 aliphatic heterocycles. The van der Waals surface area contributed by atoms with Crippen LogP contribution in [0, 0.1) is 6.92 Å². The van der Waals surface area contributed by atoms with E-state index in [1.165, 1.54) is 9.80 Å². The summed E-state index contributed by atoms with van der Waals surface area (Å²) in [6.07, 6.45) is 0.769. The molecule has 1 saturated heterocycles. The fourth-order valence-corrected chi connectivity index (χ4v) is 5.05. The zero-order valence-electron chi connectivity index (χ0n) is 17.2. The quantitative estimate of drug-likeness (QED) is 0.550. The summed E-state index contributed by atoms with van der Waals surface area (Å²) in [6.45, 7) is 4.24. The highest BCUT2D eigenvalue weighted by Crippen LogP contribution is 2.44. The van der Waals surface area contributed by atoms with Crippen LogP contribution in [0.5, 0.6) is 0 Å². The lowest BCUT2D eigenvalue weighted by Crippen LogP contribution is -2.35. The summed E-state index contributed by atoms with van der Waals surface area (Å²) in [7, 11) is 0. The van der Waals surface area contributed by atoms with Crippen molar-refractivity contribution >= 4 is 63.0 Å². The van der Waals surface area contributed by atoms with Crippen LogP contribution in [-0.4, -0.2) is 40.0 Å². The molecule has 0 unspecified atom stereocenters. The highest BCUT2D eigenvalue weighted by molar-refractivity contribution is 8.26. The number of amides is 3. The molecule has 158 valence electrons. The zero-order valence-corrected chi connectivity index (χ0v) is 18.8. The molecule has 2 aromatic carbocycles. The molecule has 8 heteroatoms. The van der Waals surface area contributed by atoms with Crippen LogP contribution < -0.4 is 10.2 Å². The van der Waals surface area contributed by atoms with E-state index in [-0.39, 0.29) is 24.3 Å². The highest BCUT2D eigenvalue weighted by Gasteiger charge is 2.42. The first-order valence-corrected chi connectivity index (χ1v) is 11.2. The number of benzene rings is 2. The maximum absolute atomic E-state index is 13.4. The van der Waals surface area contributed by atoms with E-state index in [1.807, 2.05) is 50.2 Å². The van der Waals surface area contributed by atoms with Crippen LogP contribution in [0.1, 0.15) is 24.5 Å². The molecule has 0 aromatic heterocycles. The predicted octanol–water partition coefficient (Wildman–Crippen LogP) is 3.96. The number of carbonyl (C=O) groups is 3. The van der Waals surface area contributed by atoms with Crippen molar-refractivity contribution < 1.29 is 14.4 Å². The van der Waals surface area contributed by atoms with Crippen molar-refractivity contribution in [2.45, 2.75) is 20.3 Å². The van der Waals surface area contributed by atoms with Crippen LogP contribution in [0.25, 0.3) is 5.57 Å². The number of nitrogens with one attached hydrogen (secondary N) is 1. The van der Waals surface area contributed by atoms with E-state index < -0.39 is 0 Å². The number of para-hydroxylation sites is 2. The van der Waals surface area contributed by atoms with Crippen molar-refractivity contribution in [2.75, 3.05) is 23.3 Å². The SMILES string of the molecule is CCCN1C(=O)/C(=C2\C(=O)N(CC(=O)Nc3ccccc3C)c3ccccc32)SC1=S. The second-order valence-electron chi connectivity index (χ2n) is 7.30. The monoisotopic (exact) mass is 451 g/mol. The number of thiocarbonyl (C=S) groups is 1. The van der Waals surface area contributed by atoms with Crippen molar-refractivity contribution in [3.05, 3.63) is 64.6 Å². The molecule has 0 aliphatic carbocycles. The Balaban J connectivity index is 1.66. The van der Waals surface area contributed by atoms with Gasteiger partial charge in [-0.2, -0.15) is 0 Å². The summed E-state index contributed by atoms with van der Waals surface area (Å²) in [5.74, 6) is -0.920. The number of aryl methyl sites for hydroxylation is 1. The number of nitrogens with zero attached hydrogens (tertiary/aromatic N) is 2. The van der Waals surface area contributed by atoms with Gasteiger partial charge in [0.1, 0.15) is 10.9 Å². The average molecular weight is 452 g/mol. The summed E-state index contributed by atoms with van der Waals surface area (Å²) >= 11 is 6.51. The molecule has 0 radical (unpaired) electrons. The second-order valence-corrected chi connectivity index (χ2v) is 8.94. The zero-order chi connectivity index (χ0) is 22.1. The van der Waals surface area contributed by atoms with E-state index in [0.29, 0.717) is 38.3 Å². The topological polar surface area (TPSA) is 69.7 Å². The minimum Gasteiger partial charge on any atom is -0.324 e. The molecule has 3 amide bonds. The Kier molecular flexibility index (Phi) is 5.93. The number of thioether (sulfide) groups is 1. The molecule has 0 spiro atoms. The summed E-state index contributed by atoms with van der Waals surface area (Å²) in [6, 6.07) is 14.7. The van der Waals surface area contributed by atoms with Gasteiger partial charge in [-0.25, -0.2) is 0 Å². The number of rotatable bonds is 5. The van der Waals surface area contributed by atoms with Gasteiger partial charge in [-0.1, -0.05) is 67.3 Å². The minimum absolute atomic E-state index is 0.150. The smallest absolute Gasteiger partial charge is 0.267 e. The Morgan fingerprint density at radius 3 is 2.48 bits per heavy atom. The van der Waals surface area contributed by atoms with Crippen molar-refractivity contribution in [1.82, 2.24) is 4.90 Å². The first-order chi connectivity index (χ1) is 14.9. The predicted molar refractivity (Wildman–Crippen MR) is 128 cm³/mol. The molecule has 2 aliphatic rings. The summed E-state index contributed by atoms with van der Waals surface area (Å²) in [5, 5.41) is 2.86. The van der Waals surface area contributed by atoms with Gasteiger partial charge in [0.25, 0.3) is 11.8 Å². The van der Waals surface area contributed by atoms with Crippen molar-refractivity contribution in [3.8, 4) is 0 Å². The Labute approximate surface area is 190 Å². The van der Waals surface area contributed by atoms with Gasteiger partial charge >= 0.3 is 0 Å². The van der Waals surface area contributed by atoms with Crippen LogP contribution in [-0.2, 0) is 14.4 Å². The van der Waals surface area contributed by atoms with E-state index >= 15 is 0 Å². The molecule has 0 atom stereocenters. The molecule has 6 nitrogen and oxygen atoms in total. The normalized spacial score (nSPS) is 18.1. The van der Waals surface area contributed by atoms with Crippen molar-refractivity contribution in [2.24, 2.45) is 0 Å². The molecule has 2 heterocycles. The van der Waals surface area contributed by atoms with Crippen molar-refractivity contribution in [3.63, 3.8) is 0 Å². The van der Waals surface area contributed by atoms with Gasteiger partial charge in [0.15, 0.2) is 0 Å². The molecule has 0 bridgehead atoms. The Morgan fingerprint density at radius 2 is 1.74 bits per heavy atom. The third-order valence-corrected chi connectivity index (χ3v) is 6.62. The van der Waals surface area contributed by atoms with Gasteiger partial charge in [0.2, 0.25) is 5.91 Å². The molecule has 0 saturated carbocycles. The lowest BCUT2D eigenvalue weighted by Gasteiger charge is -2.17. The number of carbonyl (C=O) groups excluding carboxylic acids is 3. The van der Waals surface area contributed by atoms with E-state index in [2.05, 4.69) is 5.32 Å². The van der Waals surface area contributed by atoms with Crippen LogP contribution in [0.2, 0.25) is 0 Å². The van der Waals surface area contributed by atoms with E-state index in [1.54, 1.807) is 12.1 Å². The van der Waals surface area contributed by atoms with Gasteiger partial charge < -0.3 is 5.32 Å². The Bertz CT molecular complexity index is 1140. The number of hydrogen-bond donors (Lipinski definition) is 1. The van der Waals surface area contributed by atoms with Crippen LogP contribution >= 0.6 is 24.0 Å². The van der Waals surface area contributed by atoms with Crippen LogP contribution in [0.4, 0.5) is 11.4 Å². The largest absolute Gasteiger partial charge is 0.324 e. The summed E-state index contributed by atoms with van der Waals surface area (Å²) in [4.78, 5) is 42.4. The van der Waals surface area contributed by atoms with Crippen molar-refractivity contribution in [1.29, 1.82) is 0 Å². The van der Waals surface area contributed by atoms with E-state index in [4.69, 9.17) is 12.2 Å². The van der Waals surface area contributed by atoms with Gasteiger partial charge in [-0.15, -0.1) is 0 Å². The molecule has 1 N–H and O–H groups in total. The molecule has 31 heavy (non-hydrogen) atoms. The number of fused-ring (bicyclic) bond motifs is 1. The van der Waals surface area contributed by atoms with Gasteiger partial charge in [-0.3, -0.25) is 24.2 Å². The average Bonchev–Trinajstić information content (AvgIpc) is 3.18. The summed E-state index contributed by atoms with van der Waals surface area (Å²) < 4.78 is 0.454. The summed E-state index contributed by atoms with van der Waals surface area (Å²) in [5.41, 5.74) is 3.21. The van der Waals surface area contributed by atoms with E-state index in [9.17, 15) is 14.4 Å². The maximum atomic E-state index is 13.4. The first kappa shape index (κ1) is 21.3. The standard InChI is InChI=1S/C23H21N3O3S2/c1-3-12-25-22(29)20(31-23(25)30)19-15-9-5-7-11-17(15)26(21(19)28)13-18(27)24-16-10-6-4-8-14(16)2/h4-11H,3,12-13H2,1-2H3,(H,24,27)/b20-19+. The molecule has 2 aromatic rings. The fourth-order valence-electron chi connectivity index (χ4n) is 3.67. The number of hydrogen-bond acceptors (Lipinski definition) is 5. The third kappa shape index (κ3) is 3.88. The third-order valence-electron chi connectivity index (χ3n) is 5.17. The maximum Gasteiger partial charge on any atom is 0.267 e. The first-order valence-electron chi connectivity index (χ1n) is 9.97. The Hall–Kier alpha value is -2.97. The Morgan fingerprint density at radius 1 is 1.03 bits per heavy atom. The second kappa shape index (κ2) is 8.64. The molecule has 4 rings (SSSR count). The minimum atomic E-state index is -0.363. The van der Waals surface area contributed by atoms with Gasteiger partial charge in [0.05, 0.1) is 16.2 Å². The molecular formula is C23H21N3O3S2. The van der Waals surface area contributed by atoms with Crippen LogP contribution in [0.15, 0.2) is 53.4 Å². The molecule has 1 fully saturated rings. The molecular weight excluding hydrogens is 430 g/mol. The lowest BCUT2D eigenvalue weighted by atomic mass is 10.1.